The van der Waals surface area contributed by atoms with Gasteiger partial charge in [-0.2, -0.15) is 0 Å². The van der Waals surface area contributed by atoms with Gasteiger partial charge in [0.1, 0.15) is 5.60 Å². The lowest BCUT2D eigenvalue weighted by molar-refractivity contribution is -0.138. The Balaban J connectivity index is 2.85. The number of carbonyl (C=O) groups excluding carboxylic acids is 1. The molecule has 6 nitrogen and oxygen atoms in total. The number of nitrogens with one attached hydrogen (secondary N) is 1. The lowest BCUT2D eigenvalue weighted by Crippen LogP contribution is -2.45. The second kappa shape index (κ2) is 4.67. The Morgan fingerprint density at radius 1 is 1.32 bits per heavy atom. The molecule has 1 fully saturated rings. The molecule has 0 aromatic rings. The summed E-state index contributed by atoms with van der Waals surface area (Å²) in [6.07, 6.45) is -0.887. The lowest BCUT2D eigenvalue weighted by atomic mass is 10.0. The van der Waals surface area contributed by atoms with Crippen LogP contribution < -0.4 is 5.32 Å². The molecule has 2 atom stereocenters. The number of hydrogen-bond donors (Lipinski definition) is 3. The summed E-state index contributed by atoms with van der Waals surface area (Å²) in [4.78, 5) is 22.8. The lowest BCUT2D eigenvalue weighted by Gasteiger charge is -2.25. The Morgan fingerprint density at radius 2 is 1.84 bits per heavy atom. The number of carboxylic acids is 1. The third-order valence-electron chi connectivity index (χ3n) is 3.87. The maximum atomic E-state index is 11.8. The quantitative estimate of drug-likeness (QED) is 0.719. The summed E-state index contributed by atoms with van der Waals surface area (Å²) in [6, 6.07) is 0. The highest BCUT2D eigenvalue weighted by Crippen LogP contribution is 2.63. The Labute approximate surface area is 113 Å². The van der Waals surface area contributed by atoms with Crippen LogP contribution in [0.3, 0.4) is 0 Å². The van der Waals surface area contributed by atoms with Crippen LogP contribution in [0.1, 0.15) is 41.0 Å². The largest absolute Gasteiger partial charge is 0.481 e. The summed E-state index contributed by atoms with van der Waals surface area (Å²) in [5.41, 5.74) is -2.07. The molecular formula is C13H23NO5. The van der Waals surface area contributed by atoms with E-state index in [4.69, 9.17) is 9.84 Å². The van der Waals surface area contributed by atoms with E-state index < -0.39 is 28.6 Å². The number of aliphatic hydroxyl groups is 1. The Bertz CT molecular complexity index is 385. The molecule has 1 saturated carbocycles. The summed E-state index contributed by atoms with van der Waals surface area (Å²) < 4.78 is 5.16. The number of carbonyl (C=O) groups is 2. The van der Waals surface area contributed by atoms with Gasteiger partial charge in [-0.3, -0.25) is 4.79 Å². The van der Waals surface area contributed by atoms with Crippen molar-refractivity contribution in [1.29, 1.82) is 0 Å². The van der Waals surface area contributed by atoms with Crippen LogP contribution in [0.4, 0.5) is 4.79 Å². The highest BCUT2D eigenvalue weighted by Gasteiger charge is 2.72. The first kappa shape index (κ1) is 15.8. The minimum absolute atomic E-state index is 0.171. The second-order valence-electron chi connectivity index (χ2n) is 6.63. The average Bonchev–Trinajstić information content (AvgIpc) is 2.55. The fourth-order valence-corrected chi connectivity index (χ4v) is 2.72. The van der Waals surface area contributed by atoms with Crippen LogP contribution in [0.5, 0.6) is 0 Å². The maximum absolute atomic E-state index is 11.8. The van der Waals surface area contributed by atoms with Crippen molar-refractivity contribution in [2.45, 2.75) is 52.2 Å². The van der Waals surface area contributed by atoms with Crippen LogP contribution >= 0.6 is 0 Å². The van der Waals surface area contributed by atoms with E-state index in [1.165, 1.54) is 0 Å². The van der Waals surface area contributed by atoms with Crippen molar-refractivity contribution in [2.24, 2.45) is 11.3 Å². The number of alkyl carbamates (subject to hydrolysis) is 1. The van der Waals surface area contributed by atoms with E-state index in [1.807, 2.05) is 13.8 Å². The number of amides is 1. The summed E-state index contributed by atoms with van der Waals surface area (Å²) >= 11 is 0. The van der Waals surface area contributed by atoms with Crippen molar-refractivity contribution in [1.82, 2.24) is 5.32 Å². The molecule has 0 saturated heterocycles. The first-order valence-electron chi connectivity index (χ1n) is 6.30. The summed E-state index contributed by atoms with van der Waals surface area (Å²) in [7, 11) is 0. The van der Waals surface area contributed by atoms with Gasteiger partial charge < -0.3 is 20.3 Å². The van der Waals surface area contributed by atoms with Crippen LogP contribution in [0.2, 0.25) is 0 Å². The molecular weight excluding hydrogens is 250 g/mol. The van der Waals surface area contributed by atoms with Gasteiger partial charge in [-0.05, 0) is 26.2 Å². The van der Waals surface area contributed by atoms with Crippen molar-refractivity contribution in [3.05, 3.63) is 0 Å². The standard InChI is InChI=1S/C13H23NO5/c1-11(2,3)19-10(18)14-13(6-9(16)17)8(7-15)12(13,4)5/h8,15H,6-7H2,1-5H3,(H,14,18)(H,16,17)/t8?,13-/m0/s1. The molecule has 3 N–H and O–H groups in total. The van der Waals surface area contributed by atoms with Gasteiger partial charge >= 0.3 is 12.1 Å². The predicted molar refractivity (Wildman–Crippen MR) is 68.7 cm³/mol. The van der Waals surface area contributed by atoms with Crippen LogP contribution in [0.25, 0.3) is 0 Å². The number of hydrogen-bond acceptors (Lipinski definition) is 4. The van der Waals surface area contributed by atoms with Crippen LogP contribution in [-0.4, -0.2) is 40.0 Å². The first-order valence-corrected chi connectivity index (χ1v) is 6.30. The predicted octanol–water partition coefficient (Wildman–Crippen LogP) is 1.37. The zero-order chi connectivity index (χ0) is 15.1. The normalized spacial score (nSPS) is 28.6. The summed E-state index contributed by atoms with van der Waals surface area (Å²) in [6.45, 7) is 8.69. The molecule has 0 radical (unpaired) electrons. The zero-order valence-corrected chi connectivity index (χ0v) is 12.1. The number of carboxylic acid groups (broad SMARTS) is 1. The Morgan fingerprint density at radius 3 is 2.16 bits per heavy atom. The number of aliphatic hydroxyl groups excluding tert-OH is 1. The van der Waals surface area contributed by atoms with Gasteiger partial charge in [0.2, 0.25) is 0 Å². The summed E-state index contributed by atoms with van der Waals surface area (Å²) in [5.74, 6) is -1.30. The van der Waals surface area contributed by atoms with E-state index in [-0.39, 0.29) is 18.9 Å². The fourth-order valence-electron chi connectivity index (χ4n) is 2.72. The van der Waals surface area contributed by atoms with Gasteiger partial charge in [0.15, 0.2) is 0 Å². The van der Waals surface area contributed by atoms with Crippen molar-refractivity contribution in [3.8, 4) is 0 Å². The van der Waals surface area contributed by atoms with Gasteiger partial charge in [-0.1, -0.05) is 13.8 Å². The maximum Gasteiger partial charge on any atom is 0.408 e. The minimum Gasteiger partial charge on any atom is -0.481 e. The number of rotatable bonds is 4. The Hall–Kier alpha value is -1.30. The molecule has 110 valence electrons. The molecule has 0 aromatic carbocycles. The van der Waals surface area contributed by atoms with E-state index in [0.717, 1.165) is 0 Å². The molecule has 1 rings (SSSR count). The van der Waals surface area contributed by atoms with E-state index in [0.29, 0.717) is 0 Å². The second-order valence-corrected chi connectivity index (χ2v) is 6.63. The molecule has 1 unspecified atom stereocenters. The zero-order valence-electron chi connectivity index (χ0n) is 12.1. The van der Waals surface area contributed by atoms with E-state index in [9.17, 15) is 14.7 Å². The molecule has 19 heavy (non-hydrogen) atoms. The highest BCUT2D eigenvalue weighted by atomic mass is 16.6. The molecule has 6 heteroatoms. The van der Waals surface area contributed by atoms with Gasteiger partial charge in [-0.15, -0.1) is 0 Å². The van der Waals surface area contributed by atoms with Crippen LogP contribution in [0, 0.1) is 11.3 Å². The monoisotopic (exact) mass is 273 g/mol. The van der Waals surface area contributed by atoms with Gasteiger partial charge in [0.25, 0.3) is 0 Å². The van der Waals surface area contributed by atoms with Gasteiger partial charge in [0, 0.05) is 12.5 Å². The minimum atomic E-state index is -1.01. The van der Waals surface area contributed by atoms with E-state index in [2.05, 4.69) is 5.32 Å². The highest BCUT2D eigenvalue weighted by molar-refractivity contribution is 5.75. The molecule has 0 aromatic heterocycles. The van der Waals surface area contributed by atoms with Crippen molar-refractivity contribution in [3.63, 3.8) is 0 Å². The third kappa shape index (κ3) is 3.00. The fraction of sp³-hybridized carbons (Fsp3) is 0.846. The van der Waals surface area contributed by atoms with Crippen LogP contribution in [0.15, 0.2) is 0 Å². The smallest absolute Gasteiger partial charge is 0.408 e. The van der Waals surface area contributed by atoms with E-state index in [1.54, 1.807) is 20.8 Å². The van der Waals surface area contributed by atoms with E-state index >= 15 is 0 Å². The molecule has 1 aliphatic carbocycles. The third-order valence-corrected chi connectivity index (χ3v) is 3.87. The van der Waals surface area contributed by atoms with Crippen molar-refractivity contribution in [2.75, 3.05) is 6.61 Å². The molecule has 0 bridgehead atoms. The SMILES string of the molecule is CC(C)(C)OC(=O)N[C@@]1(CC(=O)O)C(CO)C1(C)C. The Kier molecular flexibility index (Phi) is 3.87. The van der Waals surface area contributed by atoms with Crippen LogP contribution in [-0.2, 0) is 9.53 Å². The molecule has 1 amide bonds. The molecule has 0 spiro atoms. The molecule has 0 aliphatic heterocycles. The first-order chi connectivity index (χ1) is 8.46. The van der Waals surface area contributed by atoms with Gasteiger partial charge in [0.05, 0.1) is 12.0 Å². The summed E-state index contributed by atoms with van der Waals surface area (Å²) in [5, 5.41) is 21.0. The van der Waals surface area contributed by atoms with Crippen molar-refractivity contribution < 1.29 is 24.5 Å². The molecule has 1 aliphatic rings. The number of ether oxygens (including phenoxy) is 1. The molecule has 0 heterocycles. The van der Waals surface area contributed by atoms with Crippen molar-refractivity contribution >= 4 is 12.1 Å². The average molecular weight is 273 g/mol. The number of aliphatic carboxylic acids is 1. The topological polar surface area (TPSA) is 95.9 Å². The van der Waals surface area contributed by atoms with Gasteiger partial charge in [-0.25, -0.2) is 4.79 Å².